The van der Waals surface area contributed by atoms with Crippen LogP contribution in [-0.4, -0.2) is 0 Å². The highest BCUT2D eigenvalue weighted by Gasteiger charge is 2.18. The quantitative estimate of drug-likeness (QED) is 0.167. The van der Waals surface area contributed by atoms with Gasteiger partial charge >= 0.3 is 0 Å². The molecule has 1 heterocycles. The summed E-state index contributed by atoms with van der Waals surface area (Å²) in [6.45, 7) is 0. The normalized spacial score (nSPS) is 14.7. The molecule has 0 aliphatic heterocycles. The summed E-state index contributed by atoms with van der Waals surface area (Å²) in [6.07, 6.45) is 0. The predicted octanol–water partition coefficient (Wildman–Crippen LogP) is 15.5. The van der Waals surface area contributed by atoms with Crippen LogP contribution in [0.1, 0.15) is 12.3 Å². The van der Waals surface area contributed by atoms with Crippen LogP contribution in [0.5, 0.6) is 0 Å². The molecule has 13 aromatic rings. The van der Waals surface area contributed by atoms with Crippen LogP contribution < -0.4 is 0 Å². The smallest absolute Gasteiger partial charge is 0.143 e. The Morgan fingerprint density at radius 1 is 0.345 bits per heavy atom. The van der Waals surface area contributed by atoms with Crippen LogP contribution in [0.3, 0.4) is 0 Å². The number of fused-ring (bicyclic) bond motifs is 5. The summed E-state index contributed by atoms with van der Waals surface area (Å²) in [5.74, 6) is 0. The van der Waals surface area contributed by atoms with Crippen molar-refractivity contribution in [2.24, 2.45) is 0 Å². The van der Waals surface area contributed by atoms with Gasteiger partial charge in [0.15, 0.2) is 0 Å². The van der Waals surface area contributed by atoms with E-state index in [-0.39, 0.29) is 62.4 Å². The predicted molar refractivity (Wildman–Crippen MR) is 235 cm³/mol. The Balaban J connectivity index is 1.15. The zero-order chi connectivity index (χ0) is 43.6. The molecule has 252 valence electrons. The standard InChI is InChI=1S/C54H30O/c1-2-10-44-31(5-1)15-25-47-48-30-38(20-26-49(48)55-54(44)47)39-27-40(42-21-16-36-13-11-32-6-3-8-34-18-23-45(42)52(36)50(32)34)29-41(28-39)43-22-17-37-14-12-33-7-4-9-35-19-24-46(43)53(37)51(33)35/h1-30H/i1D,2D,5D,10D,15D,20D,25D,26D,30D. The first-order chi connectivity index (χ1) is 31.0. The van der Waals surface area contributed by atoms with E-state index in [0.717, 1.165) is 76.1 Å². The van der Waals surface area contributed by atoms with E-state index in [1.54, 1.807) is 0 Å². The summed E-state index contributed by atoms with van der Waals surface area (Å²) in [5.41, 5.74) is 3.97. The van der Waals surface area contributed by atoms with Crippen molar-refractivity contribution in [3.63, 3.8) is 0 Å². The van der Waals surface area contributed by atoms with E-state index in [1.165, 1.54) is 10.8 Å². The zero-order valence-electron chi connectivity index (χ0n) is 38.0. The first-order valence-corrected chi connectivity index (χ1v) is 18.3. The van der Waals surface area contributed by atoms with Gasteiger partial charge in [-0.25, -0.2) is 0 Å². The molecule has 0 atom stereocenters. The van der Waals surface area contributed by atoms with Crippen molar-refractivity contribution >= 4 is 97.3 Å². The van der Waals surface area contributed by atoms with Crippen molar-refractivity contribution < 1.29 is 16.8 Å². The molecule has 0 fully saturated rings. The van der Waals surface area contributed by atoms with Crippen LogP contribution in [-0.2, 0) is 0 Å². The molecule has 1 nitrogen and oxygen atoms in total. The maximum atomic E-state index is 9.90. The zero-order valence-corrected chi connectivity index (χ0v) is 29.0. The third kappa shape index (κ3) is 4.07. The summed E-state index contributed by atoms with van der Waals surface area (Å²) in [4.78, 5) is 0. The third-order valence-corrected chi connectivity index (χ3v) is 11.6. The monoisotopic (exact) mass is 703 g/mol. The van der Waals surface area contributed by atoms with Gasteiger partial charge in [-0.15, -0.1) is 0 Å². The lowest BCUT2D eigenvalue weighted by Crippen LogP contribution is -1.91. The highest BCUT2D eigenvalue weighted by Crippen LogP contribution is 2.45. The van der Waals surface area contributed by atoms with E-state index in [2.05, 4.69) is 115 Å². The highest BCUT2D eigenvalue weighted by molar-refractivity contribution is 6.27. The van der Waals surface area contributed by atoms with Gasteiger partial charge in [-0.05, 0) is 140 Å². The first kappa shape index (κ1) is 22.1. The van der Waals surface area contributed by atoms with Gasteiger partial charge in [0, 0.05) is 16.2 Å². The van der Waals surface area contributed by atoms with E-state index in [1.807, 2.05) is 12.1 Å². The first-order valence-electron chi connectivity index (χ1n) is 22.8. The average Bonchev–Trinajstić information content (AvgIpc) is 3.73. The molecule has 13 rings (SSSR count). The maximum Gasteiger partial charge on any atom is 0.143 e. The van der Waals surface area contributed by atoms with Crippen molar-refractivity contribution in [3.8, 4) is 33.4 Å². The van der Waals surface area contributed by atoms with Crippen LogP contribution in [0.2, 0.25) is 0 Å². The number of furan rings is 1. The molecule has 0 radical (unpaired) electrons. The van der Waals surface area contributed by atoms with Crippen molar-refractivity contribution in [1.82, 2.24) is 0 Å². The Labute approximate surface area is 328 Å². The summed E-state index contributed by atoms with van der Waals surface area (Å²) in [7, 11) is 0. The van der Waals surface area contributed by atoms with E-state index in [9.17, 15) is 5.48 Å². The Morgan fingerprint density at radius 2 is 0.873 bits per heavy atom. The highest BCUT2D eigenvalue weighted by atomic mass is 16.3. The second-order valence-electron chi connectivity index (χ2n) is 14.5. The van der Waals surface area contributed by atoms with Crippen molar-refractivity contribution in [2.75, 3.05) is 0 Å². The van der Waals surface area contributed by atoms with Gasteiger partial charge in [0.25, 0.3) is 0 Å². The molecule has 0 bridgehead atoms. The van der Waals surface area contributed by atoms with Crippen LogP contribution in [0, 0.1) is 0 Å². The second-order valence-corrected chi connectivity index (χ2v) is 14.5. The minimum Gasteiger partial charge on any atom is -0.455 e. The molecular weight excluding hydrogens is 665 g/mol. The lowest BCUT2D eigenvalue weighted by molar-refractivity contribution is 0.672. The van der Waals surface area contributed by atoms with Gasteiger partial charge in [-0.3, -0.25) is 0 Å². The van der Waals surface area contributed by atoms with Gasteiger partial charge in [0.2, 0.25) is 0 Å². The SMILES string of the molecule is [2H]c1c(-c2cc(-c3ccc4ccc5cccc6ccc3c4c56)cc(-c3ccc4ccc5cccc6ccc3c4c56)c2)c([2H])c2c(oc3c4c([2H])c([2H])c([2H])c([2H])c4c([2H])c([2H])c32)c1[2H]. The molecule has 0 spiro atoms. The Kier molecular flexibility index (Phi) is 4.29. The average molecular weight is 704 g/mol. The fraction of sp³-hybridized carbons (Fsp3) is 0. The molecule has 0 saturated carbocycles. The fourth-order valence-corrected chi connectivity index (χ4v) is 9.11. The van der Waals surface area contributed by atoms with Gasteiger partial charge in [0.05, 0.1) is 12.3 Å². The van der Waals surface area contributed by atoms with Crippen LogP contribution in [0.25, 0.3) is 131 Å². The lowest BCUT2D eigenvalue weighted by atomic mass is 9.86. The summed E-state index contributed by atoms with van der Waals surface area (Å²) in [6, 6.07) is 40.9. The Hall–Kier alpha value is -7.22. The van der Waals surface area contributed by atoms with E-state index in [0.29, 0.717) is 5.56 Å². The molecule has 0 aliphatic rings. The molecule has 55 heavy (non-hydrogen) atoms. The molecule has 1 aromatic heterocycles. The molecular formula is C54H30O. The minimum absolute atomic E-state index is 0.00721. The number of rotatable bonds is 3. The van der Waals surface area contributed by atoms with E-state index < -0.39 is 30.2 Å². The van der Waals surface area contributed by atoms with Crippen LogP contribution in [0.15, 0.2) is 186 Å². The molecule has 1 heteroatoms. The molecule has 0 aliphatic carbocycles. The largest absolute Gasteiger partial charge is 0.455 e. The topological polar surface area (TPSA) is 13.1 Å². The van der Waals surface area contributed by atoms with Gasteiger partial charge in [0.1, 0.15) is 11.2 Å². The second kappa shape index (κ2) is 10.7. The summed E-state index contributed by atoms with van der Waals surface area (Å²) >= 11 is 0. The minimum atomic E-state index is -0.538. The van der Waals surface area contributed by atoms with Crippen LogP contribution >= 0.6 is 0 Å². The molecule has 0 N–H and O–H groups in total. The molecule has 0 amide bonds. The van der Waals surface area contributed by atoms with Crippen molar-refractivity contribution in [3.05, 3.63) is 182 Å². The van der Waals surface area contributed by atoms with Crippen LogP contribution in [0.4, 0.5) is 0 Å². The maximum absolute atomic E-state index is 9.90. The summed E-state index contributed by atoms with van der Waals surface area (Å²) < 4.78 is 87.4. The lowest BCUT2D eigenvalue weighted by Gasteiger charge is -2.18. The van der Waals surface area contributed by atoms with Gasteiger partial charge in [-0.1, -0.05) is 145 Å². The Morgan fingerprint density at radius 3 is 1.49 bits per heavy atom. The van der Waals surface area contributed by atoms with Gasteiger partial charge < -0.3 is 4.42 Å². The third-order valence-electron chi connectivity index (χ3n) is 11.6. The number of hydrogen-bond donors (Lipinski definition) is 0. The number of hydrogen-bond acceptors (Lipinski definition) is 1. The van der Waals surface area contributed by atoms with Gasteiger partial charge in [-0.2, -0.15) is 0 Å². The number of benzene rings is 12. The molecule has 0 unspecified atom stereocenters. The molecule has 0 saturated heterocycles. The van der Waals surface area contributed by atoms with Crippen molar-refractivity contribution in [1.29, 1.82) is 0 Å². The fourth-order valence-electron chi connectivity index (χ4n) is 9.11. The Bertz CT molecular complexity index is 4050. The van der Waals surface area contributed by atoms with Crippen molar-refractivity contribution in [2.45, 2.75) is 0 Å². The molecule has 12 aromatic carbocycles. The van der Waals surface area contributed by atoms with E-state index in [4.69, 9.17) is 11.3 Å². The summed E-state index contributed by atoms with van der Waals surface area (Å²) in [5, 5.41) is 13.3. The van der Waals surface area contributed by atoms with E-state index >= 15 is 0 Å².